The lowest BCUT2D eigenvalue weighted by Crippen LogP contribution is -2.57. The highest BCUT2D eigenvalue weighted by Crippen LogP contribution is 2.16. The molecule has 0 heterocycles. The van der Waals surface area contributed by atoms with Crippen molar-refractivity contribution in [3.8, 4) is 5.75 Å². The molecule has 1 radical (unpaired) electrons. The Hall–Kier alpha value is -5.23. The molecule has 49 heavy (non-hydrogen) atoms. The Morgan fingerprint density at radius 2 is 1.35 bits per heavy atom. The summed E-state index contributed by atoms with van der Waals surface area (Å²) in [7, 11) is 0. The van der Waals surface area contributed by atoms with E-state index in [9.17, 15) is 19.2 Å². The fourth-order valence-electron chi connectivity index (χ4n) is 5.08. The van der Waals surface area contributed by atoms with Crippen molar-refractivity contribution in [1.82, 2.24) is 21.3 Å². The number of amides is 3. The number of benzene rings is 3. The fraction of sp³-hybridized carbons (Fsp3) is 0.378. The molecule has 3 amide bonds. The molecule has 261 valence electrons. The molecule has 0 aliphatic carbocycles. The van der Waals surface area contributed by atoms with Gasteiger partial charge in [-0.3, -0.25) is 24.6 Å². The van der Waals surface area contributed by atoms with Gasteiger partial charge in [-0.05, 0) is 60.4 Å². The lowest BCUT2D eigenvalue weighted by atomic mass is 10.00. The molecule has 0 aromatic heterocycles. The summed E-state index contributed by atoms with van der Waals surface area (Å²) >= 11 is 0. The van der Waals surface area contributed by atoms with Gasteiger partial charge < -0.3 is 37.5 Å². The van der Waals surface area contributed by atoms with Gasteiger partial charge in [0.1, 0.15) is 24.4 Å². The number of hydrogen-bond donors (Lipinski definition) is 7. The minimum absolute atomic E-state index is 0.0280. The topological polar surface area (TPSA) is 202 Å². The molecular formula is C37H48N7O5. The highest BCUT2D eigenvalue weighted by Gasteiger charge is 2.30. The molecule has 0 saturated heterocycles. The zero-order chi connectivity index (χ0) is 35.6. The highest BCUT2D eigenvalue weighted by molar-refractivity contribution is 5.93. The van der Waals surface area contributed by atoms with E-state index in [1.54, 1.807) is 0 Å². The summed E-state index contributed by atoms with van der Waals surface area (Å²) in [4.78, 5) is 51.9. The van der Waals surface area contributed by atoms with Gasteiger partial charge in [0.2, 0.25) is 24.0 Å². The Morgan fingerprint density at radius 3 is 1.94 bits per heavy atom. The van der Waals surface area contributed by atoms with Crippen LogP contribution in [0.2, 0.25) is 0 Å². The first kappa shape index (κ1) is 38.2. The highest BCUT2D eigenvalue weighted by atomic mass is 16.5. The molecule has 3 aromatic carbocycles. The van der Waals surface area contributed by atoms with Crippen LogP contribution in [-0.2, 0) is 38.6 Å². The van der Waals surface area contributed by atoms with Gasteiger partial charge in [-0.1, -0.05) is 86.6 Å². The second kappa shape index (κ2) is 20.2. The van der Waals surface area contributed by atoms with Gasteiger partial charge in [0.05, 0.1) is 12.1 Å². The standard InChI is InChI=1S/C37H48N7O5/c1-25(2)20-32(35(47)42-29(23-45)14-9-19-41-37(39)40)44-36(48)33(22-26-10-5-3-6-11-26)43-34(46)31(38)21-27-15-17-30(18-16-27)49-24-28-12-7-4-8-13-28/h3-8,10-13,15-18,25,29,31-33H,9,14,19-22,24,38H2,1-2H3,(H,42,47)(H,43,46)(H,44,48)(H4,39,40,41)/t29-,31-,32-,33+/m0/s1. The molecule has 12 nitrogen and oxygen atoms in total. The van der Waals surface area contributed by atoms with Crippen LogP contribution in [0.5, 0.6) is 5.75 Å². The van der Waals surface area contributed by atoms with Crippen LogP contribution in [0.1, 0.15) is 49.8 Å². The summed E-state index contributed by atoms with van der Waals surface area (Å²) in [5, 5.41) is 18.1. The van der Waals surface area contributed by atoms with E-state index in [0.29, 0.717) is 31.7 Å². The molecule has 0 fully saturated rings. The van der Waals surface area contributed by atoms with Crippen molar-refractivity contribution >= 4 is 30.0 Å². The molecule has 3 rings (SSSR count). The first-order valence-electron chi connectivity index (χ1n) is 16.5. The fourth-order valence-corrected chi connectivity index (χ4v) is 5.08. The largest absolute Gasteiger partial charge is 0.489 e. The van der Waals surface area contributed by atoms with Crippen LogP contribution < -0.4 is 37.5 Å². The summed E-state index contributed by atoms with van der Waals surface area (Å²) in [6.07, 6.45) is 3.25. The van der Waals surface area contributed by atoms with E-state index in [1.165, 1.54) is 0 Å². The number of ether oxygens (including phenoxy) is 1. The van der Waals surface area contributed by atoms with Crippen LogP contribution in [0.3, 0.4) is 0 Å². The third-order valence-corrected chi connectivity index (χ3v) is 7.66. The first-order valence-corrected chi connectivity index (χ1v) is 16.5. The molecule has 12 heteroatoms. The number of nitrogens with two attached hydrogens (primary N) is 2. The van der Waals surface area contributed by atoms with E-state index >= 15 is 0 Å². The Kier molecular flexibility index (Phi) is 15.8. The van der Waals surface area contributed by atoms with Gasteiger partial charge in [0.25, 0.3) is 0 Å². The predicted molar refractivity (Wildman–Crippen MR) is 189 cm³/mol. The van der Waals surface area contributed by atoms with E-state index in [-0.39, 0.29) is 31.1 Å². The smallest absolute Gasteiger partial charge is 0.243 e. The number of hydrogen-bond acceptors (Lipinski definition) is 7. The van der Waals surface area contributed by atoms with Crippen LogP contribution in [0.15, 0.2) is 84.9 Å². The summed E-state index contributed by atoms with van der Waals surface area (Å²) in [5.41, 5.74) is 14.3. The molecule has 4 atom stereocenters. The minimum Gasteiger partial charge on any atom is -0.489 e. The van der Waals surface area contributed by atoms with Crippen LogP contribution in [0, 0.1) is 11.3 Å². The predicted octanol–water partition coefficient (Wildman–Crippen LogP) is 2.25. The van der Waals surface area contributed by atoms with Crippen LogP contribution >= 0.6 is 0 Å². The Balaban J connectivity index is 1.65. The Labute approximate surface area is 288 Å². The minimum atomic E-state index is -1.02. The Morgan fingerprint density at radius 1 is 0.776 bits per heavy atom. The average molecular weight is 671 g/mol. The molecule has 9 N–H and O–H groups in total. The van der Waals surface area contributed by atoms with Crippen LogP contribution in [0.25, 0.3) is 0 Å². The molecule has 0 aliphatic heterocycles. The van der Waals surface area contributed by atoms with Gasteiger partial charge in [-0.15, -0.1) is 0 Å². The lowest BCUT2D eigenvalue weighted by Gasteiger charge is -2.26. The molecular weight excluding hydrogens is 622 g/mol. The van der Waals surface area contributed by atoms with Gasteiger partial charge in [-0.25, -0.2) is 0 Å². The maximum absolute atomic E-state index is 13.7. The number of nitrogens with one attached hydrogen (secondary N) is 5. The molecule has 3 aromatic rings. The third kappa shape index (κ3) is 14.2. The zero-order valence-corrected chi connectivity index (χ0v) is 28.1. The maximum Gasteiger partial charge on any atom is 0.243 e. The van der Waals surface area contributed by atoms with E-state index in [2.05, 4.69) is 21.3 Å². The van der Waals surface area contributed by atoms with Crippen molar-refractivity contribution < 1.29 is 23.9 Å². The SMILES string of the molecule is CC(C)C[C@H](NC(=O)[C@@H](Cc1ccccc1)NC(=O)[C@@H](N)Cc1ccc(OCc2ccccc2)cc1)C(=O)N[C@H]([C]=O)CCCNC(=N)N. The summed E-state index contributed by atoms with van der Waals surface area (Å²) in [5.74, 6) is -1.07. The van der Waals surface area contributed by atoms with E-state index < -0.39 is 41.9 Å². The van der Waals surface area contributed by atoms with Gasteiger partial charge in [-0.2, -0.15) is 0 Å². The normalized spacial score (nSPS) is 13.3. The van der Waals surface area contributed by atoms with Crippen LogP contribution in [0.4, 0.5) is 0 Å². The molecule has 0 aliphatic rings. The van der Waals surface area contributed by atoms with Crippen molar-refractivity contribution in [2.24, 2.45) is 17.4 Å². The quantitative estimate of drug-likeness (QED) is 0.0539. The Bertz CT molecular complexity index is 1490. The first-order chi connectivity index (χ1) is 23.5. The molecule has 0 saturated carbocycles. The van der Waals surface area contributed by atoms with Crippen molar-refractivity contribution in [3.63, 3.8) is 0 Å². The summed E-state index contributed by atoms with van der Waals surface area (Å²) in [6.45, 7) is 4.61. The van der Waals surface area contributed by atoms with Crippen molar-refractivity contribution in [1.29, 1.82) is 5.41 Å². The monoisotopic (exact) mass is 670 g/mol. The van der Waals surface area contributed by atoms with E-state index in [0.717, 1.165) is 16.7 Å². The number of rotatable bonds is 20. The second-order valence-electron chi connectivity index (χ2n) is 12.3. The van der Waals surface area contributed by atoms with Gasteiger partial charge in [0.15, 0.2) is 5.96 Å². The average Bonchev–Trinajstić information content (AvgIpc) is 3.09. The maximum atomic E-state index is 13.7. The number of carbonyl (C=O) groups excluding carboxylic acids is 4. The zero-order valence-electron chi connectivity index (χ0n) is 28.1. The molecule has 0 bridgehead atoms. The number of carbonyl (C=O) groups is 3. The molecule has 0 unspecified atom stereocenters. The van der Waals surface area contributed by atoms with Gasteiger partial charge in [0, 0.05) is 13.0 Å². The third-order valence-electron chi connectivity index (χ3n) is 7.66. The van der Waals surface area contributed by atoms with Crippen molar-refractivity contribution in [2.75, 3.05) is 6.54 Å². The van der Waals surface area contributed by atoms with Gasteiger partial charge >= 0.3 is 0 Å². The van der Waals surface area contributed by atoms with Crippen LogP contribution in [-0.4, -0.2) is 60.7 Å². The van der Waals surface area contributed by atoms with E-state index in [4.69, 9.17) is 21.6 Å². The second-order valence-corrected chi connectivity index (χ2v) is 12.3. The van der Waals surface area contributed by atoms with E-state index in [1.807, 2.05) is 105 Å². The summed E-state index contributed by atoms with van der Waals surface area (Å²) in [6, 6.07) is 22.5. The summed E-state index contributed by atoms with van der Waals surface area (Å²) < 4.78 is 5.85. The molecule has 0 spiro atoms. The van der Waals surface area contributed by atoms with Crippen molar-refractivity contribution in [3.05, 3.63) is 102 Å². The van der Waals surface area contributed by atoms with Crippen molar-refractivity contribution in [2.45, 2.75) is 76.7 Å². The number of guanidine groups is 1. The lowest BCUT2D eigenvalue weighted by molar-refractivity contribution is -0.132.